The molecule has 2 heterocycles. The van der Waals surface area contributed by atoms with Gasteiger partial charge in [0, 0.05) is 29.7 Å². The number of para-hydroxylation sites is 1. The van der Waals surface area contributed by atoms with Crippen LogP contribution in [0.1, 0.15) is 37.6 Å². The van der Waals surface area contributed by atoms with Crippen molar-refractivity contribution < 1.29 is 4.79 Å². The summed E-state index contributed by atoms with van der Waals surface area (Å²) in [5, 5.41) is 8.21. The number of pyridine rings is 1. The highest BCUT2D eigenvalue weighted by atomic mass is 16.1. The first kappa shape index (κ1) is 16.2. The highest BCUT2D eigenvalue weighted by Crippen LogP contribution is 2.24. The van der Waals surface area contributed by atoms with E-state index in [0.717, 1.165) is 35.1 Å². The average Bonchev–Trinajstić information content (AvgIpc) is 3.09. The van der Waals surface area contributed by atoms with Crippen molar-refractivity contribution in [2.24, 2.45) is 0 Å². The molecular formula is C19H22N4O. The Bertz CT molecular complexity index is 869. The molecule has 0 saturated carbocycles. The summed E-state index contributed by atoms with van der Waals surface area (Å²) in [5.74, 6) is -0.0629. The lowest BCUT2D eigenvalue weighted by Gasteiger charge is -2.13. The van der Waals surface area contributed by atoms with Gasteiger partial charge in [0.15, 0.2) is 0 Å². The standard InChI is InChI=1S/C19H22N4O/c1-4-13(3)21-19(24)16-10-18(14-11-20-23(5-2)12-14)22-17-9-7-6-8-15(16)17/h6-13H,4-5H2,1-3H3,(H,21,24). The van der Waals surface area contributed by atoms with E-state index in [1.54, 1.807) is 6.20 Å². The fourth-order valence-corrected chi connectivity index (χ4v) is 2.58. The second-order valence-electron chi connectivity index (χ2n) is 5.94. The average molecular weight is 322 g/mol. The zero-order chi connectivity index (χ0) is 17.1. The van der Waals surface area contributed by atoms with E-state index in [1.807, 2.05) is 55.1 Å². The number of benzene rings is 1. The van der Waals surface area contributed by atoms with E-state index in [2.05, 4.69) is 17.3 Å². The van der Waals surface area contributed by atoms with Crippen LogP contribution in [-0.4, -0.2) is 26.7 Å². The van der Waals surface area contributed by atoms with Gasteiger partial charge in [0.2, 0.25) is 0 Å². The molecule has 1 atom stereocenters. The van der Waals surface area contributed by atoms with Gasteiger partial charge in [-0.2, -0.15) is 5.10 Å². The van der Waals surface area contributed by atoms with E-state index in [0.29, 0.717) is 5.56 Å². The molecule has 0 saturated heterocycles. The van der Waals surface area contributed by atoms with E-state index in [9.17, 15) is 4.79 Å². The van der Waals surface area contributed by atoms with E-state index < -0.39 is 0 Å². The van der Waals surface area contributed by atoms with Crippen LogP contribution in [0.15, 0.2) is 42.7 Å². The number of nitrogens with zero attached hydrogens (tertiary/aromatic N) is 3. The second kappa shape index (κ2) is 6.83. The second-order valence-corrected chi connectivity index (χ2v) is 5.94. The number of aryl methyl sites for hydroxylation is 1. The van der Waals surface area contributed by atoms with Crippen molar-refractivity contribution in [2.45, 2.75) is 39.8 Å². The summed E-state index contributed by atoms with van der Waals surface area (Å²) < 4.78 is 1.85. The quantitative estimate of drug-likeness (QED) is 0.780. The SMILES string of the molecule is CCC(C)NC(=O)c1cc(-c2cnn(CC)c2)nc2ccccc12. The molecule has 0 aliphatic rings. The zero-order valence-electron chi connectivity index (χ0n) is 14.3. The van der Waals surface area contributed by atoms with E-state index in [4.69, 9.17) is 4.98 Å². The summed E-state index contributed by atoms with van der Waals surface area (Å²) in [5.41, 5.74) is 3.15. The predicted molar refractivity (Wildman–Crippen MR) is 95.9 cm³/mol. The Labute approximate surface area is 141 Å². The summed E-state index contributed by atoms with van der Waals surface area (Å²) in [6.07, 6.45) is 4.63. The van der Waals surface area contributed by atoms with Gasteiger partial charge in [0.05, 0.1) is 23.0 Å². The fourth-order valence-electron chi connectivity index (χ4n) is 2.58. The van der Waals surface area contributed by atoms with Crippen LogP contribution in [0.25, 0.3) is 22.2 Å². The third kappa shape index (κ3) is 3.15. The van der Waals surface area contributed by atoms with Crippen molar-refractivity contribution in [2.75, 3.05) is 0 Å². The van der Waals surface area contributed by atoms with Crippen LogP contribution in [-0.2, 0) is 6.54 Å². The molecule has 124 valence electrons. The normalized spacial score (nSPS) is 12.3. The Balaban J connectivity index is 2.10. The first-order chi connectivity index (χ1) is 11.6. The summed E-state index contributed by atoms with van der Waals surface area (Å²) >= 11 is 0. The van der Waals surface area contributed by atoms with Crippen LogP contribution >= 0.6 is 0 Å². The number of carbonyl (C=O) groups excluding carboxylic acids is 1. The van der Waals surface area contributed by atoms with Crippen LogP contribution < -0.4 is 5.32 Å². The molecule has 5 heteroatoms. The van der Waals surface area contributed by atoms with Gasteiger partial charge >= 0.3 is 0 Å². The molecule has 2 aromatic heterocycles. The molecule has 24 heavy (non-hydrogen) atoms. The molecule has 1 N–H and O–H groups in total. The van der Waals surface area contributed by atoms with Crippen molar-refractivity contribution in [3.8, 4) is 11.3 Å². The van der Waals surface area contributed by atoms with Crippen LogP contribution in [0.2, 0.25) is 0 Å². The maximum absolute atomic E-state index is 12.7. The minimum atomic E-state index is -0.0629. The third-order valence-electron chi connectivity index (χ3n) is 4.20. The van der Waals surface area contributed by atoms with Gasteiger partial charge in [-0.05, 0) is 32.4 Å². The number of hydrogen-bond donors (Lipinski definition) is 1. The first-order valence-electron chi connectivity index (χ1n) is 8.35. The van der Waals surface area contributed by atoms with Crippen LogP contribution in [0.5, 0.6) is 0 Å². The number of fused-ring (bicyclic) bond motifs is 1. The molecule has 0 radical (unpaired) electrons. The molecule has 0 fully saturated rings. The van der Waals surface area contributed by atoms with Crippen molar-refractivity contribution in [3.05, 3.63) is 48.3 Å². The molecule has 1 amide bonds. The monoisotopic (exact) mass is 322 g/mol. The molecule has 3 rings (SSSR count). The van der Waals surface area contributed by atoms with Crippen LogP contribution in [0, 0.1) is 0 Å². The highest BCUT2D eigenvalue weighted by molar-refractivity contribution is 6.07. The zero-order valence-corrected chi connectivity index (χ0v) is 14.3. The topological polar surface area (TPSA) is 59.8 Å². The van der Waals surface area contributed by atoms with Gasteiger partial charge in [-0.1, -0.05) is 25.1 Å². The summed E-state index contributed by atoms with van der Waals surface area (Å²) in [7, 11) is 0. The van der Waals surface area contributed by atoms with Crippen molar-refractivity contribution >= 4 is 16.8 Å². The van der Waals surface area contributed by atoms with Gasteiger partial charge in [0.1, 0.15) is 0 Å². The lowest BCUT2D eigenvalue weighted by molar-refractivity contribution is 0.0941. The Hall–Kier alpha value is -2.69. The smallest absolute Gasteiger partial charge is 0.252 e. The van der Waals surface area contributed by atoms with Gasteiger partial charge in [-0.25, -0.2) is 4.98 Å². The number of aromatic nitrogens is 3. The summed E-state index contributed by atoms with van der Waals surface area (Å²) in [4.78, 5) is 17.4. The van der Waals surface area contributed by atoms with E-state index in [1.165, 1.54) is 0 Å². The first-order valence-corrected chi connectivity index (χ1v) is 8.35. The van der Waals surface area contributed by atoms with Gasteiger partial charge in [0.25, 0.3) is 5.91 Å². The van der Waals surface area contributed by atoms with Crippen LogP contribution in [0.4, 0.5) is 0 Å². The van der Waals surface area contributed by atoms with E-state index in [-0.39, 0.29) is 11.9 Å². The number of rotatable bonds is 5. The third-order valence-corrected chi connectivity index (χ3v) is 4.20. The predicted octanol–water partition coefficient (Wildman–Crippen LogP) is 3.65. The minimum Gasteiger partial charge on any atom is -0.350 e. The minimum absolute atomic E-state index is 0.0629. The molecule has 1 unspecified atom stereocenters. The Morgan fingerprint density at radius 2 is 2.08 bits per heavy atom. The molecule has 3 aromatic rings. The van der Waals surface area contributed by atoms with Gasteiger partial charge in [-0.15, -0.1) is 0 Å². The molecule has 1 aromatic carbocycles. The lowest BCUT2D eigenvalue weighted by atomic mass is 10.0. The van der Waals surface area contributed by atoms with Crippen LogP contribution in [0.3, 0.4) is 0 Å². The van der Waals surface area contributed by atoms with Crippen molar-refractivity contribution in [3.63, 3.8) is 0 Å². The maximum atomic E-state index is 12.7. The number of hydrogen-bond acceptors (Lipinski definition) is 3. The van der Waals surface area contributed by atoms with Gasteiger partial charge in [-0.3, -0.25) is 9.48 Å². The summed E-state index contributed by atoms with van der Waals surface area (Å²) in [6.45, 7) is 6.90. The Morgan fingerprint density at radius 1 is 1.29 bits per heavy atom. The highest BCUT2D eigenvalue weighted by Gasteiger charge is 2.15. The molecule has 0 aliphatic carbocycles. The molecule has 0 bridgehead atoms. The van der Waals surface area contributed by atoms with Crippen molar-refractivity contribution in [1.82, 2.24) is 20.1 Å². The van der Waals surface area contributed by atoms with Gasteiger partial charge < -0.3 is 5.32 Å². The summed E-state index contributed by atoms with van der Waals surface area (Å²) in [6, 6.07) is 9.73. The Morgan fingerprint density at radius 3 is 2.79 bits per heavy atom. The van der Waals surface area contributed by atoms with Crippen molar-refractivity contribution in [1.29, 1.82) is 0 Å². The number of amides is 1. The fraction of sp³-hybridized carbons (Fsp3) is 0.316. The molecular weight excluding hydrogens is 300 g/mol. The lowest BCUT2D eigenvalue weighted by Crippen LogP contribution is -2.32. The maximum Gasteiger partial charge on any atom is 0.252 e. The number of carbonyl (C=O) groups is 1. The Kier molecular flexibility index (Phi) is 4.60. The molecule has 0 spiro atoms. The largest absolute Gasteiger partial charge is 0.350 e. The molecule has 0 aliphatic heterocycles. The van der Waals surface area contributed by atoms with E-state index >= 15 is 0 Å². The molecule has 5 nitrogen and oxygen atoms in total. The number of nitrogens with one attached hydrogen (secondary N) is 1.